The molecule has 1 aliphatic rings. The van der Waals surface area contributed by atoms with Crippen LogP contribution in [0.1, 0.15) is 18.9 Å². The van der Waals surface area contributed by atoms with Gasteiger partial charge in [0.05, 0.1) is 11.5 Å². The Morgan fingerprint density at radius 1 is 1.36 bits per heavy atom. The van der Waals surface area contributed by atoms with Crippen molar-refractivity contribution in [1.82, 2.24) is 0 Å². The Kier molecular flexibility index (Phi) is 6.50. The van der Waals surface area contributed by atoms with Gasteiger partial charge in [-0.25, -0.2) is 0 Å². The molecule has 0 aliphatic carbocycles. The van der Waals surface area contributed by atoms with Gasteiger partial charge in [-0.05, 0) is 19.1 Å². The molecule has 0 N–H and O–H groups in total. The molecule has 8 nitrogen and oxygen atoms in total. The van der Waals surface area contributed by atoms with Crippen LogP contribution in [0.3, 0.4) is 0 Å². The van der Waals surface area contributed by atoms with Crippen molar-refractivity contribution < 1.29 is 26.9 Å². The molecule has 4 atom stereocenters. The second-order valence-corrected chi connectivity index (χ2v) is 7.68. The molecule has 0 bridgehead atoms. The molecule has 0 unspecified atom stereocenters. The summed E-state index contributed by atoms with van der Waals surface area (Å²) in [6.07, 6.45) is -1.80. The van der Waals surface area contributed by atoms with Crippen LogP contribution in [-0.4, -0.2) is 44.8 Å². The van der Waals surface area contributed by atoms with Gasteiger partial charge >= 0.3 is 5.97 Å². The first-order valence-corrected chi connectivity index (χ1v) is 9.32. The molecular weight excluding hydrogens is 374 g/mol. The third-order valence-electron chi connectivity index (χ3n) is 3.65. The highest BCUT2D eigenvalue weighted by Gasteiger charge is 2.41. The maximum atomic E-state index is 12.2. The molecule has 1 aliphatic heterocycles. The minimum Gasteiger partial charge on any atom is -0.460 e. The highest BCUT2D eigenvalue weighted by atomic mass is 35.5. The van der Waals surface area contributed by atoms with Crippen LogP contribution < -0.4 is 0 Å². The number of esters is 1. The highest BCUT2D eigenvalue weighted by molar-refractivity contribution is 7.86. The van der Waals surface area contributed by atoms with Crippen LogP contribution in [0.15, 0.2) is 34.3 Å². The quantitative estimate of drug-likeness (QED) is 0.316. The predicted octanol–water partition coefficient (Wildman–Crippen LogP) is 2.12. The van der Waals surface area contributed by atoms with Crippen molar-refractivity contribution in [2.45, 2.75) is 49.0 Å². The molecule has 138 valence electrons. The summed E-state index contributed by atoms with van der Waals surface area (Å²) < 4.78 is 39.9. The molecule has 2 rings (SSSR count). The molecule has 0 saturated carbocycles. The Balaban J connectivity index is 2.09. The van der Waals surface area contributed by atoms with Gasteiger partial charge in [0, 0.05) is 13.3 Å². The zero-order valence-electron chi connectivity index (χ0n) is 13.6. The number of halogens is 1. The molecule has 1 heterocycles. The third kappa shape index (κ3) is 5.21. The van der Waals surface area contributed by atoms with E-state index in [1.807, 2.05) is 6.92 Å². The SMILES string of the molecule is CC(=O)O[C@H]1C[C@H](N=O)[C@H](Cl)O[C@@H]1COS(=O)(=O)c1ccc(C)cc1. The van der Waals surface area contributed by atoms with Crippen molar-refractivity contribution in [3.05, 3.63) is 34.7 Å². The van der Waals surface area contributed by atoms with Crippen LogP contribution in [0.5, 0.6) is 0 Å². The van der Waals surface area contributed by atoms with Crippen LogP contribution in [0.4, 0.5) is 0 Å². The lowest BCUT2D eigenvalue weighted by Gasteiger charge is -2.35. The molecular formula is C15H18ClNO7S. The van der Waals surface area contributed by atoms with E-state index in [0.29, 0.717) is 0 Å². The average Bonchev–Trinajstić information content (AvgIpc) is 2.54. The third-order valence-corrected chi connectivity index (χ3v) is 5.34. The number of rotatable bonds is 6. The molecule has 10 heteroatoms. The van der Waals surface area contributed by atoms with E-state index >= 15 is 0 Å². The molecule has 1 fully saturated rings. The number of nitrogens with zero attached hydrogens (tertiary/aromatic N) is 1. The van der Waals surface area contributed by atoms with Crippen molar-refractivity contribution >= 4 is 27.7 Å². The molecule has 0 radical (unpaired) electrons. The Labute approximate surface area is 150 Å². The van der Waals surface area contributed by atoms with Crippen LogP contribution in [0, 0.1) is 11.8 Å². The zero-order valence-corrected chi connectivity index (χ0v) is 15.2. The number of ether oxygens (including phenoxy) is 2. The van der Waals surface area contributed by atoms with Crippen LogP contribution in [0.2, 0.25) is 0 Å². The number of alkyl halides is 1. The minimum absolute atomic E-state index is 0.00666. The summed E-state index contributed by atoms with van der Waals surface area (Å²) in [5.74, 6) is -0.599. The first kappa shape index (κ1) is 19.8. The van der Waals surface area contributed by atoms with Crippen molar-refractivity contribution in [3.63, 3.8) is 0 Å². The zero-order chi connectivity index (χ0) is 18.6. The van der Waals surface area contributed by atoms with Crippen LogP contribution in [0.25, 0.3) is 0 Å². The second kappa shape index (κ2) is 8.22. The van der Waals surface area contributed by atoms with Gasteiger partial charge in [0.1, 0.15) is 18.2 Å². The first-order valence-electron chi connectivity index (χ1n) is 7.48. The van der Waals surface area contributed by atoms with Crippen LogP contribution >= 0.6 is 11.6 Å². The lowest BCUT2D eigenvalue weighted by molar-refractivity contribution is -0.168. The number of carbonyl (C=O) groups excluding carboxylic acids is 1. The lowest BCUT2D eigenvalue weighted by atomic mass is 10.0. The standard InChI is InChI=1S/C15H18ClNO7S/c1-9-3-5-11(6-4-9)25(20,21)22-8-14-13(23-10(2)18)7-12(17-19)15(16)24-14/h3-6,12-15H,7-8H2,1-2H3/t12-,13-,14+,15+/m0/s1. The number of hydrogen-bond donors (Lipinski definition) is 0. The fraction of sp³-hybridized carbons (Fsp3) is 0.533. The van der Waals surface area contributed by atoms with Gasteiger partial charge in [0.25, 0.3) is 10.1 Å². The molecule has 25 heavy (non-hydrogen) atoms. The number of hydrogen-bond acceptors (Lipinski definition) is 8. The van der Waals surface area contributed by atoms with Crippen molar-refractivity contribution in [2.24, 2.45) is 5.18 Å². The van der Waals surface area contributed by atoms with Gasteiger partial charge in [-0.2, -0.15) is 13.3 Å². The first-order chi connectivity index (χ1) is 11.7. The molecule has 1 aromatic carbocycles. The van der Waals surface area contributed by atoms with Crippen molar-refractivity contribution in [3.8, 4) is 0 Å². The molecule has 1 saturated heterocycles. The molecule has 0 amide bonds. The number of aryl methyl sites for hydroxylation is 1. The molecule has 1 aromatic rings. The van der Waals surface area contributed by atoms with Gasteiger partial charge < -0.3 is 9.47 Å². The number of benzene rings is 1. The van der Waals surface area contributed by atoms with Crippen LogP contribution in [-0.2, 0) is 28.6 Å². The van der Waals surface area contributed by atoms with Crippen molar-refractivity contribution in [1.29, 1.82) is 0 Å². The summed E-state index contributed by atoms with van der Waals surface area (Å²) in [5, 5.41) is 2.83. The van der Waals surface area contributed by atoms with E-state index in [2.05, 4.69) is 5.18 Å². The van der Waals surface area contributed by atoms with Gasteiger partial charge in [0.2, 0.25) is 0 Å². The summed E-state index contributed by atoms with van der Waals surface area (Å²) in [7, 11) is -4.01. The Hall–Kier alpha value is -1.55. The van der Waals surface area contributed by atoms with E-state index in [4.69, 9.17) is 25.3 Å². The smallest absolute Gasteiger partial charge is 0.302 e. The number of nitroso groups, excluding NO2 is 1. The summed E-state index contributed by atoms with van der Waals surface area (Å²) in [5.41, 5.74) is -0.151. The normalized spacial score (nSPS) is 26.8. The van der Waals surface area contributed by atoms with E-state index in [1.165, 1.54) is 19.1 Å². The predicted molar refractivity (Wildman–Crippen MR) is 88.6 cm³/mol. The highest BCUT2D eigenvalue weighted by Crippen LogP contribution is 2.28. The fourth-order valence-electron chi connectivity index (χ4n) is 2.35. The molecule has 0 spiro atoms. The topological polar surface area (TPSA) is 108 Å². The monoisotopic (exact) mass is 391 g/mol. The van der Waals surface area contributed by atoms with Gasteiger partial charge in [0.15, 0.2) is 5.56 Å². The largest absolute Gasteiger partial charge is 0.460 e. The van der Waals surface area contributed by atoms with E-state index in [9.17, 15) is 18.1 Å². The summed E-state index contributed by atoms with van der Waals surface area (Å²) >= 11 is 5.90. The summed E-state index contributed by atoms with van der Waals surface area (Å²) in [4.78, 5) is 22.0. The van der Waals surface area contributed by atoms with Gasteiger partial charge in [-0.3, -0.25) is 8.98 Å². The average molecular weight is 392 g/mol. The summed E-state index contributed by atoms with van der Waals surface area (Å²) in [6.45, 7) is 2.61. The Morgan fingerprint density at radius 2 is 2.00 bits per heavy atom. The van der Waals surface area contributed by atoms with E-state index in [1.54, 1.807) is 12.1 Å². The van der Waals surface area contributed by atoms with E-state index < -0.39 is 46.5 Å². The fourth-order valence-corrected chi connectivity index (χ4v) is 3.55. The maximum Gasteiger partial charge on any atom is 0.302 e. The molecule has 0 aromatic heterocycles. The minimum atomic E-state index is -4.01. The lowest BCUT2D eigenvalue weighted by Crippen LogP contribution is -2.48. The Bertz CT molecular complexity index is 722. The van der Waals surface area contributed by atoms with Crippen molar-refractivity contribution in [2.75, 3.05) is 6.61 Å². The summed E-state index contributed by atoms with van der Waals surface area (Å²) in [6, 6.07) is 5.23. The van der Waals surface area contributed by atoms with Gasteiger partial charge in [-0.1, -0.05) is 34.5 Å². The Morgan fingerprint density at radius 3 is 2.56 bits per heavy atom. The van der Waals surface area contributed by atoms with Gasteiger partial charge in [-0.15, -0.1) is 0 Å². The van der Waals surface area contributed by atoms with E-state index in [0.717, 1.165) is 5.56 Å². The van der Waals surface area contributed by atoms with E-state index in [-0.39, 0.29) is 11.3 Å². The maximum absolute atomic E-state index is 12.2. The number of carbonyl (C=O) groups is 1. The second-order valence-electron chi connectivity index (χ2n) is 5.63.